The molecule has 0 atom stereocenters. The highest BCUT2D eigenvalue weighted by molar-refractivity contribution is 7.21. The Kier molecular flexibility index (Phi) is 7.10. The Balaban J connectivity index is 1.03. The minimum Gasteiger partial charge on any atom is -0.236 e. The van der Waals surface area contributed by atoms with Crippen LogP contribution in [0.2, 0.25) is 0 Å². The minimum atomic E-state index is 0.628. The number of rotatable bonds is 5. The molecule has 51 heavy (non-hydrogen) atoms. The fourth-order valence-corrected chi connectivity index (χ4v) is 8.26. The Morgan fingerprint density at radius 3 is 1.80 bits per heavy atom. The maximum Gasteiger partial charge on any atom is 0.164 e. The van der Waals surface area contributed by atoms with Crippen LogP contribution in [0.25, 0.3) is 93.7 Å². The average Bonchev–Trinajstić information content (AvgIpc) is 3.65. The van der Waals surface area contributed by atoms with Crippen LogP contribution in [0.3, 0.4) is 0 Å². The second-order valence-electron chi connectivity index (χ2n) is 13.0. The summed E-state index contributed by atoms with van der Waals surface area (Å²) in [6, 6.07) is 51.0. The van der Waals surface area contributed by atoms with Gasteiger partial charge in [0.05, 0.1) is 10.2 Å². The number of aryl methyl sites for hydroxylation is 1. The van der Waals surface area contributed by atoms with Gasteiger partial charge in [-0.3, -0.25) is 0 Å². The molecule has 0 spiro atoms. The number of fused-ring (bicyclic) bond motifs is 7. The summed E-state index contributed by atoms with van der Waals surface area (Å²) >= 11 is 1.71. The van der Waals surface area contributed by atoms with Crippen molar-refractivity contribution in [2.45, 2.75) is 12.8 Å². The molecule has 0 aliphatic heterocycles. The predicted molar refractivity (Wildman–Crippen MR) is 213 cm³/mol. The highest BCUT2D eigenvalue weighted by Gasteiger charge is 2.17. The van der Waals surface area contributed by atoms with E-state index in [2.05, 4.69) is 97.1 Å². The summed E-state index contributed by atoms with van der Waals surface area (Å²) in [7, 11) is 0. The lowest BCUT2D eigenvalue weighted by Gasteiger charge is -2.18. The van der Waals surface area contributed by atoms with Gasteiger partial charge < -0.3 is 0 Å². The van der Waals surface area contributed by atoms with E-state index >= 15 is 0 Å². The molecule has 0 N–H and O–H groups in total. The Bertz CT molecular complexity index is 2740. The summed E-state index contributed by atoms with van der Waals surface area (Å²) in [6.45, 7) is 0. The van der Waals surface area contributed by atoms with Gasteiger partial charge in [0.15, 0.2) is 17.5 Å². The van der Waals surface area contributed by atoms with E-state index in [1.165, 1.54) is 43.8 Å². The normalized spacial score (nSPS) is 12.5. The molecule has 0 bridgehead atoms. The Morgan fingerprint density at radius 1 is 0.431 bits per heavy atom. The van der Waals surface area contributed by atoms with Gasteiger partial charge in [-0.15, -0.1) is 11.3 Å². The first-order chi connectivity index (χ1) is 25.2. The molecule has 7 aromatic carbocycles. The summed E-state index contributed by atoms with van der Waals surface area (Å²) < 4.78 is 1.12. The zero-order chi connectivity index (χ0) is 33.7. The van der Waals surface area contributed by atoms with Crippen molar-refractivity contribution < 1.29 is 0 Å². The van der Waals surface area contributed by atoms with Crippen molar-refractivity contribution in [2.24, 2.45) is 0 Å². The molecule has 1 aliphatic rings. The summed E-state index contributed by atoms with van der Waals surface area (Å²) in [4.78, 5) is 19.9. The Labute approximate surface area is 299 Å². The molecule has 0 fully saturated rings. The number of nitrogens with zero attached hydrogens (tertiary/aromatic N) is 4. The van der Waals surface area contributed by atoms with E-state index in [9.17, 15) is 0 Å². The van der Waals surface area contributed by atoms with Gasteiger partial charge in [-0.05, 0) is 87.0 Å². The van der Waals surface area contributed by atoms with Gasteiger partial charge in [0.1, 0.15) is 5.01 Å². The number of hydrogen-bond donors (Lipinski definition) is 0. The molecule has 2 heterocycles. The minimum absolute atomic E-state index is 0.628. The van der Waals surface area contributed by atoms with Gasteiger partial charge in [0.2, 0.25) is 0 Å². The molecule has 0 radical (unpaired) electrons. The third-order valence-corrected chi connectivity index (χ3v) is 10.9. The average molecular weight is 671 g/mol. The molecule has 2 aromatic heterocycles. The first-order valence-corrected chi connectivity index (χ1v) is 18.1. The monoisotopic (exact) mass is 670 g/mol. The third kappa shape index (κ3) is 5.30. The van der Waals surface area contributed by atoms with Crippen LogP contribution in [-0.2, 0) is 6.42 Å². The van der Waals surface area contributed by atoms with Crippen molar-refractivity contribution in [2.75, 3.05) is 0 Å². The third-order valence-electron chi connectivity index (χ3n) is 9.81. The molecule has 4 nitrogen and oxygen atoms in total. The second-order valence-corrected chi connectivity index (χ2v) is 14.0. The van der Waals surface area contributed by atoms with E-state index in [0.717, 1.165) is 50.3 Å². The van der Waals surface area contributed by atoms with Crippen molar-refractivity contribution in [3.63, 3.8) is 0 Å². The second kappa shape index (κ2) is 12.2. The van der Waals surface area contributed by atoms with Gasteiger partial charge >= 0.3 is 0 Å². The molecular weight excluding hydrogens is 641 g/mol. The molecule has 0 saturated carbocycles. The molecule has 0 saturated heterocycles. The van der Waals surface area contributed by atoms with E-state index in [1.807, 2.05) is 60.7 Å². The van der Waals surface area contributed by atoms with Crippen LogP contribution in [0.5, 0.6) is 0 Å². The molecule has 5 heteroatoms. The number of aromatic nitrogens is 4. The summed E-state index contributed by atoms with van der Waals surface area (Å²) in [5.41, 5.74) is 10.1. The number of thiazole rings is 1. The molecule has 0 amide bonds. The molecule has 10 rings (SSSR count). The Hall–Kier alpha value is -6.30. The van der Waals surface area contributed by atoms with Crippen LogP contribution in [-0.4, -0.2) is 19.9 Å². The van der Waals surface area contributed by atoms with Crippen molar-refractivity contribution in [1.82, 2.24) is 19.9 Å². The van der Waals surface area contributed by atoms with Crippen LogP contribution >= 0.6 is 11.3 Å². The van der Waals surface area contributed by atoms with Crippen LogP contribution in [0.1, 0.15) is 17.5 Å². The molecule has 1 aliphatic carbocycles. The first-order valence-electron chi connectivity index (χ1n) is 17.3. The van der Waals surface area contributed by atoms with E-state index in [0.29, 0.717) is 17.5 Å². The first kappa shape index (κ1) is 29.6. The van der Waals surface area contributed by atoms with Crippen LogP contribution in [0, 0.1) is 0 Å². The van der Waals surface area contributed by atoms with E-state index in [1.54, 1.807) is 11.3 Å². The number of allylic oxidation sites excluding steroid dienone is 1. The fourth-order valence-electron chi connectivity index (χ4n) is 7.32. The summed E-state index contributed by atoms with van der Waals surface area (Å²) in [5, 5.41) is 6.33. The predicted octanol–water partition coefficient (Wildman–Crippen LogP) is 12.1. The van der Waals surface area contributed by atoms with Crippen LogP contribution in [0.4, 0.5) is 0 Å². The molecule has 0 unspecified atom stereocenters. The molecule has 9 aromatic rings. The summed E-state index contributed by atoms with van der Waals surface area (Å²) in [5.74, 6) is 1.92. The van der Waals surface area contributed by atoms with E-state index in [4.69, 9.17) is 19.9 Å². The lowest BCUT2D eigenvalue weighted by Crippen LogP contribution is -2.00. The maximum absolute atomic E-state index is 5.15. The van der Waals surface area contributed by atoms with Gasteiger partial charge in [0, 0.05) is 22.3 Å². The van der Waals surface area contributed by atoms with E-state index < -0.39 is 0 Å². The maximum atomic E-state index is 5.15. The zero-order valence-electron chi connectivity index (χ0n) is 27.6. The van der Waals surface area contributed by atoms with Crippen molar-refractivity contribution >= 4 is 49.2 Å². The largest absolute Gasteiger partial charge is 0.236 e. The van der Waals surface area contributed by atoms with Crippen LogP contribution in [0.15, 0.2) is 152 Å². The molecular formula is C46H30N4S. The van der Waals surface area contributed by atoms with E-state index in [-0.39, 0.29) is 0 Å². The Morgan fingerprint density at radius 2 is 1.04 bits per heavy atom. The van der Waals surface area contributed by atoms with Gasteiger partial charge in [0.25, 0.3) is 0 Å². The van der Waals surface area contributed by atoms with Crippen molar-refractivity contribution in [3.05, 3.63) is 163 Å². The van der Waals surface area contributed by atoms with Crippen molar-refractivity contribution in [1.29, 1.82) is 0 Å². The standard InChI is InChI=1S/C46H30N4S/c1-3-12-29(13-4-1)43-48-44(30-14-5-2-6-15-30)50-45(49-43)33-23-25-42-41(28-33)47-46(51-42)34-17-11-16-31(26-34)32-22-24-39-37-20-8-7-18-35(37)36-19-9-10-21-38(36)40(39)27-32/h1-9,11-20,22-28H,10,21H2. The number of benzene rings is 7. The SMILES string of the molecule is C1=Cc2c(c3cc(-c4cccc(-c5nc6cc(-c7nc(-c8ccccc8)nc(-c8ccccc8)n7)ccc6s5)c4)ccc3c3ccccc23)CC1. The smallest absolute Gasteiger partial charge is 0.164 e. The van der Waals surface area contributed by atoms with Crippen LogP contribution < -0.4 is 0 Å². The highest BCUT2D eigenvalue weighted by Crippen LogP contribution is 2.40. The zero-order valence-corrected chi connectivity index (χ0v) is 28.4. The lowest BCUT2D eigenvalue weighted by molar-refractivity contribution is 1.00. The number of hydrogen-bond acceptors (Lipinski definition) is 5. The van der Waals surface area contributed by atoms with Gasteiger partial charge in [-0.2, -0.15) is 0 Å². The summed E-state index contributed by atoms with van der Waals surface area (Å²) in [6.07, 6.45) is 6.77. The van der Waals surface area contributed by atoms with Gasteiger partial charge in [-0.25, -0.2) is 19.9 Å². The highest BCUT2D eigenvalue weighted by atomic mass is 32.1. The molecule has 240 valence electrons. The van der Waals surface area contributed by atoms with Gasteiger partial charge in [-0.1, -0.05) is 127 Å². The fraction of sp³-hybridized carbons (Fsp3) is 0.0435. The van der Waals surface area contributed by atoms with Crippen molar-refractivity contribution in [3.8, 4) is 55.9 Å². The topological polar surface area (TPSA) is 51.6 Å². The quantitative estimate of drug-likeness (QED) is 0.171. The lowest BCUT2D eigenvalue weighted by atomic mass is 9.85.